The van der Waals surface area contributed by atoms with E-state index in [0.717, 1.165) is 19.6 Å². The first kappa shape index (κ1) is 17.9. The first-order valence-electron chi connectivity index (χ1n) is 8.10. The van der Waals surface area contributed by atoms with Crippen LogP contribution in [0.25, 0.3) is 0 Å². The Morgan fingerprint density at radius 1 is 1.08 bits per heavy atom. The lowest BCUT2D eigenvalue weighted by Crippen LogP contribution is -2.29. The third kappa shape index (κ3) is 4.83. The van der Waals surface area contributed by atoms with Crippen LogP contribution >= 0.6 is 11.6 Å². The molecule has 0 atom stereocenters. The highest BCUT2D eigenvalue weighted by Crippen LogP contribution is 2.33. The van der Waals surface area contributed by atoms with E-state index < -0.39 is 16.9 Å². The summed E-state index contributed by atoms with van der Waals surface area (Å²) in [5, 5.41) is 2.25. The topological polar surface area (TPSA) is 41.1 Å². The monoisotopic (exact) mass is 370 g/mol. The maximum absolute atomic E-state index is 12.7. The average molecular weight is 371 g/mol. The number of rotatable bonds is 4. The zero-order valence-corrected chi connectivity index (χ0v) is 14.2. The molecule has 2 aromatic rings. The predicted molar refractivity (Wildman–Crippen MR) is 90.9 cm³/mol. The molecule has 4 nitrogen and oxygen atoms in total. The first-order chi connectivity index (χ1) is 11.9. The van der Waals surface area contributed by atoms with E-state index in [2.05, 4.69) is 20.2 Å². The third-order valence-corrected chi connectivity index (χ3v) is 4.40. The standard InChI is InChI=1S/C17H18ClF3N4/c18-15-14(17(19,20)21)10-22-16(24-15)23-13-6-4-12(5-7-13)11-25-8-2-1-3-9-25/h4-7,10H,1-3,8-9,11H2,(H,22,23,24). The molecule has 0 unspecified atom stereocenters. The highest BCUT2D eigenvalue weighted by molar-refractivity contribution is 6.30. The molecule has 8 heteroatoms. The van der Waals surface area contributed by atoms with Crippen LogP contribution in [0.3, 0.4) is 0 Å². The van der Waals surface area contributed by atoms with Gasteiger partial charge in [0.05, 0.1) is 0 Å². The maximum Gasteiger partial charge on any atom is 0.420 e. The van der Waals surface area contributed by atoms with Crippen LogP contribution in [-0.2, 0) is 12.7 Å². The average Bonchev–Trinajstić information content (AvgIpc) is 2.56. The molecule has 2 heterocycles. The molecule has 0 radical (unpaired) electrons. The van der Waals surface area contributed by atoms with Crippen molar-refractivity contribution in [2.24, 2.45) is 0 Å². The molecule has 0 bridgehead atoms. The Morgan fingerprint density at radius 2 is 1.76 bits per heavy atom. The van der Waals surface area contributed by atoms with Gasteiger partial charge in [-0.15, -0.1) is 0 Å². The Kier molecular flexibility index (Phi) is 5.44. The van der Waals surface area contributed by atoms with Gasteiger partial charge in [0.15, 0.2) is 0 Å². The second-order valence-corrected chi connectivity index (χ2v) is 6.41. The normalized spacial score (nSPS) is 16.0. The van der Waals surface area contributed by atoms with E-state index in [4.69, 9.17) is 11.6 Å². The number of benzene rings is 1. The first-order valence-corrected chi connectivity index (χ1v) is 8.48. The summed E-state index contributed by atoms with van der Waals surface area (Å²) >= 11 is 5.60. The van der Waals surface area contributed by atoms with E-state index in [1.54, 1.807) is 0 Å². The van der Waals surface area contributed by atoms with Crippen LogP contribution in [0.1, 0.15) is 30.4 Å². The summed E-state index contributed by atoms with van der Waals surface area (Å²) in [5.74, 6) is 0.0294. The second-order valence-electron chi connectivity index (χ2n) is 6.05. The fourth-order valence-electron chi connectivity index (χ4n) is 2.81. The number of nitrogens with one attached hydrogen (secondary N) is 1. The predicted octanol–water partition coefficient (Wildman–Crippen LogP) is 4.88. The van der Waals surface area contributed by atoms with Gasteiger partial charge in [0.1, 0.15) is 10.7 Å². The molecule has 0 amide bonds. The molecule has 0 saturated carbocycles. The minimum absolute atomic E-state index is 0.0294. The Hall–Kier alpha value is -1.86. The SMILES string of the molecule is FC(F)(F)c1cnc(Nc2ccc(CN3CCCCC3)cc2)nc1Cl. The molecule has 134 valence electrons. The smallest absolute Gasteiger partial charge is 0.324 e. The van der Waals surface area contributed by atoms with Crippen LogP contribution in [0, 0.1) is 0 Å². The van der Waals surface area contributed by atoms with Crippen LogP contribution in [0.4, 0.5) is 24.8 Å². The number of hydrogen-bond acceptors (Lipinski definition) is 4. The largest absolute Gasteiger partial charge is 0.420 e. The second kappa shape index (κ2) is 7.58. The van der Waals surface area contributed by atoms with Crippen LogP contribution in [0.2, 0.25) is 5.15 Å². The Labute approximate surface area is 149 Å². The molecule has 1 aliphatic heterocycles. The Balaban J connectivity index is 1.64. The molecule has 1 aromatic carbocycles. The molecule has 1 N–H and O–H groups in total. The van der Waals surface area contributed by atoms with Gasteiger partial charge in [0.2, 0.25) is 5.95 Å². The summed E-state index contributed by atoms with van der Waals surface area (Å²) in [4.78, 5) is 9.77. The summed E-state index contributed by atoms with van der Waals surface area (Å²) < 4.78 is 38.0. The Morgan fingerprint density at radius 3 is 2.36 bits per heavy atom. The van der Waals surface area contributed by atoms with Gasteiger partial charge in [-0.2, -0.15) is 13.2 Å². The zero-order chi connectivity index (χ0) is 17.9. The number of anilines is 2. The van der Waals surface area contributed by atoms with Gasteiger partial charge < -0.3 is 5.32 Å². The lowest BCUT2D eigenvalue weighted by molar-refractivity contribution is -0.137. The summed E-state index contributed by atoms with van der Waals surface area (Å²) in [7, 11) is 0. The van der Waals surface area contributed by atoms with Crippen molar-refractivity contribution in [3.63, 3.8) is 0 Å². The summed E-state index contributed by atoms with van der Waals surface area (Å²) in [6, 6.07) is 7.69. The molecular weight excluding hydrogens is 353 g/mol. The maximum atomic E-state index is 12.7. The van der Waals surface area contributed by atoms with E-state index >= 15 is 0 Å². The lowest BCUT2D eigenvalue weighted by Gasteiger charge is -2.26. The molecular formula is C17H18ClF3N4. The van der Waals surface area contributed by atoms with Gasteiger partial charge in [-0.25, -0.2) is 9.97 Å². The van der Waals surface area contributed by atoms with Gasteiger partial charge in [-0.05, 0) is 43.6 Å². The van der Waals surface area contributed by atoms with Crippen molar-refractivity contribution >= 4 is 23.2 Å². The van der Waals surface area contributed by atoms with E-state index in [0.29, 0.717) is 11.9 Å². The fourth-order valence-corrected chi connectivity index (χ4v) is 3.05. The van der Waals surface area contributed by atoms with Crippen molar-refractivity contribution in [2.75, 3.05) is 18.4 Å². The summed E-state index contributed by atoms with van der Waals surface area (Å²) in [6.45, 7) is 3.15. The number of halogens is 4. The van der Waals surface area contributed by atoms with Crippen LogP contribution in [0.5, 0.6) is 0 Å². The number of piperidine rings is 1. The van der Waals surface area contributed by atoms with E-state index in [1.807, 2.05) is 24.3 Å². The van der Waals surface area contributed by atoms with Crippen molar-refractivity contribution in [2.45, 2.75) is 32.0 Å². The number of nitrogens with zero attached hydrogens (tertiary/aromatic N) is 3. The van der Waals surface area contributed by atoms with Gasteiger partial charge in [0.25, 0.3) is 0 Å². The van der Waals surface area contributed by atoms with Crippen molar-refractivity contribution in [3.8, 4) is 0 Å². The number of aromatic nitrogens is 2. The van der Waals surface area contributed by atoms with Crippen molar-refractivity contribution < 1.29 is 13.2 Å². The summed E-state index contributed by atoms with van der Waals surface area (Å²) in [6.07, 6.45) is -0.0968. The molecule has 1 saturated heterocycles. The van der Waals surface area contributed by atoms with E-state index in [1.165, 1.54) is 24.8 Å². The van der Waals surface area contributed by atoms with E-state index in [-0.39, 0.29) is 5.95 Å². The van der Waals surface area contributed by atoms with Gasteiger partial charge in [-0.1, -0.05) is 30.2 Å². The quantitative estimate of drug-likeness (QED) is 0.779. The fraction of sp³-hybridized carbons (Fsp3) is 0.412. The number of likely N-dealkylation sites (tertiary alicyclic amines) is 1. The summed E-state index contributed by atoms with van der Waals surface area (Å²) in [5.41, 5.74) is 0.841. The lowest BCUT2D eigenvalue weighted by atomic mass is 10.1. The third-order valence-electron chi connectivity index (χ3n) is 4.11. The van der Waals surface area contributed by atoms with Gasteiger partial charge in [-0.3, -0.25) is 4.90 Å². The van der Waals surface area contributed by atoms with Crippen LogP contribution in [0.15, 0.2) is 30.5 Å². The van der Waals surface area contributed by atoms with Gasteiger partial charge >= 0.3 is 6.18 Å². The molecule has 0 aliphatic carbocycles. The van der Waals surface area contributed by atoms with Crippen molar-refractivity contribution in [1.29, 1.82) is 0 Å². The highest BCUT2D eigenvalue weighted by atomic mass is 35.5. The number of alkyl halides is 3. The van der Waals surface area contributed by atoms with Crippen molar-refractivity contribution in [1.82, 2.24) is 14.9 Å². The van der Waals surface area contributed by atoms with E-state index in [9.17, 15) is 13.2 Å². The molecule has 1 aliphatic rings. The van der Waals surface area contributed by atoms with Crippen LogP contribution in [-0.4, -0.2) is 28.0 Å². The minimum atomic E-state index is -4.56. The van der Waals surface area contributed by atoms with Gasteiger partial charge in [0, 0.05) is 18.4 Å². The molecule has 25 heavy (non-hydrogen) atoms. The molecule has 1 aromatic heterocycles. The van der Waals surface area contributed by atoms with Crippen molar-refractivity contribution in [3.05, 3.63) is 46.7 Å². The highest BCUT2D eigenvalue weighted by Gasteiger charge is 2.34. The van der Waals surface area contributed by atoms with Crippen LogP contribution < -0.4 is 5.32 Å². The zero-order valence-electron chi connectivity index (χ0n) is 13.5. The molecule has 1 fully saturated rings. The number of hydrogen-bond donors (Lipinski definition) is 1. The minimum Gasteiger partial charge on any atom is -0.324 e. The Bertz CT molecular complexity index is 713. The molecule has 0 spiro atoms. The molecule has 3 rings (SSSR count).